The van der Waals surface area contributed by atoms with E-state index in [0.29, 0.717) is 4.90 Å². The summed E-state index contributed by atoms with van der Waals surface area (Å²) in [6.45, 7) is 1.95. The van der Waals surface area contributed by atoms with Crippen molar-refractivity contribution in [3.63, 3.8) is 0 Å². The molecule has 86 valence electrons. The van der Waals surface area contributed by atoms with Crippen molar-refractivity contribution in [2.75, 3.05) is 5.75 Å². The molecule has 1 saturated heterocycles. The average Bonchev–Trinajstić information content (AvgIpc) is 2.70. The van der Waals surface area contributed by atoms with Gasteiger partial charge in [0.05, 0.1) is 4.90 Å². The zero-order valence-electron chi connectivity index (χ0n) is 9.14. The molecule has 0 radical (unpaired) electrons. The van der Waals surface area contributed by atoms with Crippen molar-refractivity contribution in [2.24, 2.45) is 0 Å². The third-order valence-corrected chi connectivity index (χ3v) is 5.35. The van der Waals surface area contributed by atoms with Gasteiger partial charge in [0.1, 0.15) is 0 Å². The first-order valence-corrected chi connectivity index (χ1v) is 7.76. The molecular formula is C12H14O2S2. The van der Waals surface area contributed by atoms with Crippen LogP contribution < -0.4 is 0 Å². The molecule has 2 nitrogen and oxygen atoms in total. The summed E-state index contributed by atoms with van der Waals surface area (Å²) in [4.78, 5) is 1.37. The molecule has 16 heavy (non-hydrogen) atoms. The van der Waals surface area contributed by atoms with Crippen LogP contribution in [0.15, 0.2) is 39.5 Å². The van der Waals surface area contributed by atoms with Gasteiger partial charge >= 0.3 is 0 Å². The molecule has 0 unspecified atom stereocenters. The number of aryl methyl sites for hydroxylation is 1. The van der Waals surface area contributed by atoms with E-state index in [4.69, 9.17) is 0 Å². The summed E-state index contributed by atoms with van der Waals surface area (Å²) in [5.74, 6) is 1.04. The maximum Gasteiger partial charge on any atom is 0.200 e. The number of hydrogen-bond acceptors (Lipinski definition) is 3. The SMILES string of the molecule is Cc1ccc(S(=O)(=O)/C=C2/CCCS2)cc1. The molecule has 1 heterocycles. The van der Waals surface area contributed by atoms with Crippen LogP contribution in [0.25, 0.3) is 0 Å². The van der Waals surface area contributed by atoms with Gasteiger partial charge in [-0.15, -0.1) is 11.8 Å². The van der Waals surface area contributed by atoms with Gasteiger partial charge < -0.3 is 0 Å². The maximum absolute atomic E-state index is 12.0. The Hall–Kier alpha value is -0.740. The highest BCUT2D eigenvalue weighted by molar-refractivity contribution is 8.04. The topological polar surface area (TPSA) is 34.1 Å². The fourth-order valence-corrected chi connectivity index (χ4v) is 4.19. The van der Waals surface area contributed by atoms with E-state index in [-0.39, 0.29) is 0 Å². The number of sulfone groups is 1. The smallest absolute Gasteiger partial charge is 0.200 e. The molecule has 0 atom stereocenters. The van der Waals surface area contributed by atoms with E-state index in [1.165, 1.54) is 5.41 Å². The summed E-state index contributed by atoms with van der Waals surface area (Å²) < 4.78 is 24.0. The monoisotopic (exact) mass is 254 g/mol. The minimum atomic E-state index is -3.24. The van der Waals surface area contributed by atoms with Crippen LogP contribution in [-0.2, 0) is 9.84 Å². The maximum atomic E-state index is 12.0. The zero-order chi connectivity index (χ0) is 11.6. The first-order chi connectivity index (χ1) is 7.58. The van der Waals surface area contributed by atoms with Gasteiger partial charge in [0.15, 0.2) is 0 Å². The Kier molecular flexibility index (Phi) is 3.40. The lowest BCUT2D eigenvalue weighted by Gasteiger charge is -2.01. The third kappa shape index (κ3) is 2.68. The number of hydrogen-bond donors (Lipinski definition) is 0. The van der Waals surface area contributed by atoms with Crippen molar-refractivity contribution in [1.29, 1.82) is 0 Å². The standard InChI is InChI=1S/C12H14O2S2/c1-10-4-6-12(7-5-10)16(13,14)9-11-3-2-8-15-11/h4-7,9H,2-3,8H2,1H3/b11-9-. The molecule has 4 heteroatoms. The van der Waals surface area contributed by atoms with Gasteiger partial charge in [0.2, 0.25) is 9.84 Å². The molecule has 1 aromatic rings. The Morgan fingerprint density at radius 2 is 1.94 bits per heavy atom. The van der Waals surface area contributed by atoms with Crippen LogP contribution in [0.3, 0.4) is 0 Å². The lowest BCUT2D eigenvalue weighted by Crippen LogP contribution is -1.96. The summed E-state index contributed by atoms with van der Waals surface area (Å²) in [5, 5.41) is 1.43. The number of allylic oxidation sites excluding steroid dienone is 1. The van der Waals surface area contributed by atoms with E-state index >= 15 is 0 Å². The van der Waals surface area contributed by atoms with E-state index in [1.807, 2.05) is 19.1 Å². The molecule has 1 aliphatic heterocycles. The lowest BCUT2D eigenvalue weighted by molar-refractivity contribution is 0.604. The van der Waals surface area contributed by atoms with Gasteiger partial charge in [-0.2, -0.15) is 0 Å². The van der Waals surface area contributed by atoms with Crippen molar-refractivity contribution < 1.29 is 8.42 Å². The Balaban J connectivity index is 2.31. The van der Waals surface area contributed by atoms with Crippen LogP contribution in [0, 0.1) is 6.92 Å². The second-order valence-corrected chi connectivity index (χ2v) is 6.91. The molecule has 1 aliphatic rings. The van der Waals surface area contributed by atoms with Crippen molar-refractivity contribution in [3.05, 3.63) is 40.1 Å². The first kappa shape index (κ1) is 11.7. The molecule has 1 fully saturated rings. The van der Waals surface area contributed by atoms with E-state index in [9.17, 15) is 8.42 Å². The second-order valence-electron chi connectivity index (χ2n) is 3.89. The summed E-state index contributed by atoms with van der Waals surface area (Å²) in [5.41, 5.74) is 1.07. The molecule has 0 aromatic heterocycles. The van der Waals surface area contributed by atoms with Gasteiger partial charge in [0, 0.05) is 5.41 Å². The fourth-order valence-electron chi connectivity index (χ4n) is 1.58. The highest BCUT2D eigenvalue weighted by Gasteiger charge is 2.15. The first-order valence-electron chi connectivity index (χ1n) is 5.23. The van der Waals surface area contributed by atoms with Crippen molar-refractivity contribution in [2.45, 2.75) is 24.7 Å². The van der Waals surface area contributed by atoms with Gasteiger partial charge in [-0.3, -0.25) is 0 Å². The summed E-state index contributed by atoms with van der Waals surface area (Å²) in [6.07, 6.45) is 1.98. The van der Waals surface area contributed by atoms with Gasteiger partial charge in [-0.25, -0.2) is 8.42 Å². The molecule has 0 amide bonds. The predicted octanol–water partition coefficient (Wildman–Crippen LogP) is 3.14. The highest BCUT2D eigenvalue weighted by atomic mass is 32.2. The molecule has 0 bridgehead atoms. The minimum absolute atomic E-state index is 0.387. The number of benzene rings is 1. The number of rotatable bonds is 2. The van der Waals surface area contributed by atoms with E-state index in [1.54, 1.807) is 23.9 Å². The Morgan fingerprint density at radius 1 is 1.25 bits per heavy atom. The van der Waals surface area contributed by atoms with Crippen LogP contribution in [0.4, 0.5) is 0 Å². The van der Waals surface area contributed by atoms with Gasteiger partial charge in [-0.1, -0.05) is 17.7 Å². The van der Waals surface area contributed by atoms with E-state index in [0.717, 1.165) is 29.1 Å². The minimum Gasteiger partial charge on any atom is -0.219 e. The van der Waals surface area contributed by atoms with Crippen molar-refractivity contribution in [3.8, 4) is 0 Å². The van der Waals surface area contributed by atoms with Crippen LogP contribution in [0.2, 0.25) is 0 Å². The van der Waals surface area contributed by atoms with E-state index < -0.39 is 9.84 Å². The van der Waals surface area contributed by atoms with Gasteiger partial charge in [-0.05, 0) is 42.6 Å². The summed E-state index contributed by atoms with van der Waals surface area (Å²) in [7, 11) is -3.24. The van der Waals surface area contributed by atoms with Crippen LogP contribution in [0.5, 0.6) is 0 Å². The Bertz CT molecular complexity index is 490. The molecule has 0 spiro atoms. The normalized spacial score (nSPS) is 19.2. The molecule has 0 N–H and O–H groups in total. The van der Waals surface area contributed by atoms with Gasteiger partial charge in [0.25, 0.3) is 0 Å². The van der Waals surface area contributed by atoms with Crippen LogP contribution in [-0.4, -0.2) is 14.2 Å². The molecule has 2 rings (SSSR count). The lowest BCUT2D eigenvalue weighted by atomic mass is 10.2. The van der Waals surface area contributed by atoms with Crippen molar-refractivity contribution >= 4 is 21.6 Å². The molecule has 0 saturated carbocycles. The Morgan fingerprint density at radius 3 is 2.50 bits per heavy atom. The van der Waals surface area contributed by atoms with E-state index in [2.05, 4.69) is 0 Å². The quantitative estimate of drug-likeness (QED) is 0.813. The third-order valence-electron chi connectivity index (χ3n) is 2.49. The van der Waals surface area contributed by atoms with Crippen LogP contribution >= 0.6 is 11.8 Å². The second kappa shape index (κ2) is 4.63. The van der Waals surface area contributed by atoms with Crippen LogP contribution in [0.1, 0.15) is 18.4 Å². The fraction of sp³-hybridized carbons (Fsp3) is 0.333. The predicted molar refractivity (Wildman–Crippen MR) is 68.1 cm³/mol. The Labute approximate surface area is 101 Å². The molecule has 0 aliphatic carbocycles. The molecular weight excluding hydrogens is 240 g/mol. The summed E-state index contributed by atoms with van der Waals surface area (Å²) in [6, 6.07) is 6.99. The molecule has 1 aromatic carbocycles. The highest BCUT2D eigenvalue weighted by Crippen LogP contribution is 2.31. The summed E-state index contributed by atoms with van der Waals surface area (Å²) >= 11 is 1.65. The average molecular weight is 254 g/mol. The number of thioether (sulfide) groups is 1. The zero-order valence-corrected chi connectivity index (χ0v) is 10.8. The van der Waals surface area contributed by atoms with Crippen molar-refractivity contribution in [1.82, 2.24) is 0 Å². The largest absolute Gasteiger partial charge is 0.219 e.